The molecule has 1 heterocycles. The van der Waals surface area contributed by atoms with Gasteiger partial charge in [-0.05, 0) is 19.1 Å². The number of nitrogens with one attached hydrogen (secondary N) is 1. The van der Waals surface area contributed by atoms with Gasteiger partial charge in [0.15, 0.2) is 6.19 Å². The van der Waals surface area contributed by atoms with Crippen molar-refractivity contribution in [2.45, 2.75) is 6.92 Å². The summed E-state index contributed by atoms with van der Waals surface area (Å²) in [5.41, 5.74) is 0.406. The molecular formula is C13H12FN5. The van der Waals surface area contributed by atoms with Crippen LogP contribution < -0.4 is 10.2 Å². The highest BCUT2D eigenvalue weighted by Crippen LogP contribution is 2.25. The van der Waals surface area contributed by atoms with Gasteiger partial charge in [-0.15, -0.1) is 0 Å². The zero-order valence-electron chi connectivity index (χ0n) is 10.6. The van der Waals surface area contributed by atoms with Gasteiger partial charge in [0.1, 0.15) is 23.3 Å². The third kappa shape index (κ3) is 2.77. The number of hydrogen-bond donors (Lipinski definition) is 1. The van der Waals surface area contributed by atoms with E-state index in [9.17, 15) is 4.39 Å². The molecule has 0 aliphatic carbocycles. The molecule has 5 nitrogen and oxygen atoms in total. The molecule has 1 aromatic heterocycles. The molecule has 2 rings (SSSR count). The highest BCUT2D eigenvalue weighted by molar-refractivity contribution is 5.62. The Morgan fingerprint density at radius 1 is 1.32 bits per heavy atom. The molecule has 0 aliphatic rings. The van der Waals surface area contributed by atoms with Crippen molar-refractivity contribution in [1.29, 1.82) is 5.26 Å². The molecule has 0 saturated heterocycles. The number of halogens is 1. The number of nitriles is 1. The largest absolute Gasteiger partial charge is 0.327 e. The highest BCUT2D eigenvalue weighted by Gasteiger charge is 2.11. The van der Waals surface area contributed by atoms with Gasteiger partial charge in [0.25, 0.3) is 0 Å². The standard InChI is InChI=1S/C13H12FN5/c1-9-17-12(16-8-15)7-13(18-9)19(2)11-6-4-3-5-10(11)14/h3-7H,1-2H3,(H,16,17,18). The van der Waals surface area contributed by atoms with Crippen LogP contribution in [0.15, 0.2) is 30.3 Å². The Morgan fingerprint density at radius 2 is 2.05 bits per heavy atom. The van der Waals surface area contributed by atoms with Gasteiger partial charge in [0.05, 0.1) is 5.69 Å². The molecule has 96 valence electrons. The van der Waals surface area contributed by atoms with Gasteiger partial charge >= 0.3 is 0 Å². The van der Waals surface area contributed by atoms with Crippen LogP contribution in [0, 0.1) is 24.2 Å². The topological polar surface area (TPSA) is 64.8 Å². The summed E-state index contributed by atoms with van der Waals surface area (Å²) >= 11 is 0. The van der Waals surface area contributed by atoms with Crippen LogP contribution in [0.4, 0.5) is 21.7 Å². The molecule has 19 heavy (non-hydrogen) atoms. The van der Waals surface area contributed by atoms with Gasteiger partial charge in [-0.25, -0.2) is 14.4 Å². The van der Waals surface area contributed by atoms with Gasteiger partial charge in [0.2, 0.25) is 0 Å². The highest BCUT2D eigenvalue weighted by atomic mass is 19.1. The first kappa shape index (κ1) is 12.8. The monoisotopic (exact) mass is 257 g/mol. The predicted molar refractivity (Wildman–Crippen MR) is 70.5 cm³/mol. The van der Waals surface area contributed by atoms with E-state index in [0.29, 0.717) is 23.1 Å². The molecule has 0 bridgehead atoms. The van der Waals surface area contributed by atoms with E-state index in [1.807, 2.05) is 0 Å². The SMILES string of the molecule is Cc1nc(NC#N)cc(N(C)c2ccccc2F)n1. The first-order valence-corrected chi connectivity index (χ1v) is 5.61. The summed E-state index contributed by atoms with van der Waals surface area (Å²) in [7, 11) is 1.70. The van der Waals surface area contributed by atoms with E-state index in [2.05, 4.69) is 15.3 Å². The number of hydrogen-bond acceptors (Lipinski definition) is 5. The Bertz CT molecular complexity index is 635. The second kappa shape index (κ2) is 5.31. The summed E-state index contributed by atoms with van der Waals surface area (Å²) in [5.74, 6) is 1.05. The summed E-state index contributed by atoms with van der Waals surface area (Å²) < 4.78 is 13.7. The van der Waals surface area contributed by atoms with Crippen molar-refractivity contribution >= 4 is 17.3 Å². The van der Waals surface area contributed by atoms with Crippen molar-refractivity contribution in [3.8, 4) is 6.19 Å². The van der Waals surface area contributed by atoms with Crippen LogP contribution in [0.5, 0.6) is 0 Å². The van der Waals surface area contributed by atoms with Gasteiger partial charge < -0.3 is 4.90 Å². The fourth-order valence-corrected chi connectivity index (χ4v) is 1.69. The van der Waals surface area contributed by atoms with Crippen molar-refractivity contribution in [2.24, 2.45) is 0 Å². The molecule has 0 saturated carbocycles. The lowest BCUT2D eigenvalue weighted by atomic mass is 10.3. The van der Waals surface area contributed by atoms with Gasteiger partial charge in [-0.2, -0.15) is 5.26 Å². The van der Waals surface area contributed by atoms with Gasteiger partial charge in [0, 0.05) is 13.1 Å². The van der Waals surface area contributed by atoms with Crippen LogP contribution in [0.2, 0.25) is 0 Å². The van der Waals surface area contributed by atoms with Crippen molar-refractivity contribution in [2.75, 3.05) is 17.3 Å². The Balaban J connectivity index is 2.42. The zero-order chi connectivity index (χ0) is 13.8. The molecule has 0 radical (unpaired) electrons. The summed E-state index contributed by atoms with van der Waals surface area (Å²) in [4.78, 5) is 9.89. The number of anilines is 3. The van der Waals surface area contributed by atoms with E-state index in [4.69, 9.17) is 5.26 Å². The minimum absolute atomic E-state index is 0.337. The number of rotatable bonds is 3. The fraction of sp³-hybridized carbons (Fsp3) is 0.154. The normalized spacial score (nSPS) is 9.79. The smallest absolute Gasteiger partial charge is 0.182 e. The Hall–Kier alpha value is -2.68. The van der Waals surface area contributed by atoms with E-state index in [1.54, 1.807) is 49.3 Å². The third-order valence-corrected chi connectivity index (χ3v) is 2.57. The molecule has 0 atom stereocenters. The molecule has 1 aromatic carbocycles. The van der Waals surface area contributed by atoms with E-state index in [0.717, 1.165) is 0 Å². The number of para-hydroxylation sites is 1. The summed E-state index contributed by atoms with van der Waals surface area (Å²) in [5, 5.41) is 11.0. The number of aromatic nitrogens is 2. The zero-order valence-corrected chi connectivity index (χ0v) is 10.6. The minimum atomic E-state index is -0.337. The van der Waals surface area contributed by atoms with Gasteiger partial charge in [-0.3, -0.25) is 5.32 Å². The second-order valence-corrected chi connectivity index (χ2v) is 3.91. The van der Waals surface area contributed by atoms with E-state index in [-0.39, 0.29) is 5.82 Å². The van der Waals surface area contributed by atoms with Crippen LogP contribution in [-0.2, 0) is 0 Å². The third-order valence-electron chi connectivity index (χ3n) is 2.57. The lowest BCUT2D eigenvalue weighted by Gasteiger charge is -2.19. The van der Waals surface area contributed by atoms with E-state index >= 15 is 0 Å². The molecule has 1 N–H and O–H groups in total. The number of nitrogens with zero attached hydrogens (tertiary/aromatic N) is 4. The van der Waals surface area contributed by atoms with E-state index in [1.165, 1.54) is 6.07 Å². The summed E-state index contributed by atoms with van der Waals surface area (Å²) in [6, 6.07) is 8.00. The molecule has 6 heteroatoms. The summed E-state index contributed by atoms with van der Waals surface area (Å²) in [6.45, 7) is 1.71. The van der Waals surface area contributed by atoms with Crippen LogP contribution in [0.1, 0.15) is 5.82 Å². The second-order valence-electron chi connectivity index (χ2n) is 3.91. The molecule has 0 amide bonds. The van der Waals surface area contributed by atoms with Crippen molar-refractivity contribution in [1.82, 2.24) is 9.97 Å². The first-order valence-electron chi connectivity index (χ1n) is 5.61. The molecule has 0 aliphatic heterocycles. The van der Waals surface area contributed by atoms with Crippen LogP contribution >= 0.6 is 0 Å². The molecular weight excluding hydrogens is 245 g/mol. The average Bonchev–Trinajstić information content (AvgIpc) is 2.38. The van der Waals surface area contributed by atoms with Crippen molar-refractivity contribution in [3.05, 3.63) is 42.0 Å². The molecule has 0 unspecified atom stereocenters. The van der Waals surface area contributed by atoms with Gasteiger partial charge in [-0.1, -0.05) is 12.1 Å². The lowest BCUT2D eigenvalue weighted by Crippen LogP contribution is -2.14. The maximum Gasteiger partial charge on any atom is 0.182 e. The van der Waals surface area contributed by atoms with Crippen LogP contribution in [-0.4, -0.2) is 17.0 Å². The maximum atomic E-state index is 13.7. The average molecular weight is 257 g/mol. The van der Waals surface area contributed by atoms with E-state index < -0.39 is 0 Å². The number of benzene rings is 1. The molecule has 0 spiro atoms. The summed E-state index contributed by atoms with van der Waals surface area (Å²) in [6.07, 6.45) is 1.80. The molecule has 2 aromatic rings. The first-order chi connectivity index (χ1) is 9.11. The Kier molecular flexibility index (Phi) is 3.57. The maximum absolute atomic E-state index is 13.7. The van der Waals surface area contributed by atoms with Crippen LogP contribution in [0.25, 0.3) is 0 Å². The lowest BCUT2D eigenvalue weighted by molar-refractivity contribution is 0.627. The minimum Gasteiger partial charge on any atom is -0.327 e. The predicted octanol–water partition coefficient (Wildman–Crippen LogP) is 2.59. The van der Waals surface area contributed by atoms with Crippen molar-refractivity contribution in [3.63, 3.8) is 0 Å². The van der Waals surface area contributed by atoms with Crippen molar-refractivity contribution < 1.29 is 4.39 Å². The fourth-order valence-electron chi connectivity index (χ4n) is 1.69. The van der Waals surface area contributed by atoms with Crippen LogP contribution in [0.3, 0.4) is 0 Å². The Labute approximate surface area is 110 Å². The quantitative estimate of drug-likeness (QED) is 0.676. The number of aryl methyl sites for hydroxylation is 1. The molecule has 0 fully saturated rings. The Morgan fingerprint density at radius 3 is 2.74 bits per heavy atom.